The standard InChI is InChI=1S/C23H21N3O2S/c1-15-11-12-20(16(2)13-15)22(28)26-23(29)25-19-10-6-9-18(14-19)24-21(27)17-7-4-3-5-8-17/h3-14H,1-2H3,(H,24,27)(H2,25,26,28,29). The van der Waals surface area contributed by atoms with Gasteiger partial charge >= 0.3 is 0 Å². The van der Waals surface area contributed by atoms with Gasteiger partial charge in [-0.3, -0.25) is 14.9 Å². The van der Waals surface area contributed by atoms with Gasteiger partial charge in [0.25, 0.3) is 11.8 Å². The van der Waals surface area contributed by atoms with Gasteiger partial charge in [-0.25, -0.2) is 0 Å². The quantitative estimate of drug-likeness (QED) is 0.553. The Hall–Kier alpha value is -3.51. The third-order valence-electron chi connectivity index (χ3n) is 4.27. The van der Waals surface area contributed by atoms with Crippen molar-refractivity contribution in [2.45, 2.75) is 13.8 Å². The van der Waals surface area contributed by atoms with Gasteiger partial charge in [0.1, 0.15) is 0 Å². The molecule has 29 heavy (non-hydrogen) atoms. The summed E-state index contributed by atoms with van der Waals surface area (Å²) in [5.74, 6) is -0.470. The van der Waals surface area contributed by atoms with Gasteiger partial charge in [0, 0.05) is 22.5 Å². The minimum absolute atomic E-state index is 0.182. The zero-order valence-electron chi connectivity index (χ0n) is 16.2. The molecular weight excluding hydrogens is 382 g/mol. The molecular formula is C23H21N3O2S. The molecule has 3 rings (SSSR count). The molecule has 0 heterocycles. The van der Waals surface area contributed by atoms with Crippen LogP contribution >= 0.6 is 12.2 Å². The number of hydrogen-bond acceptors (Lipinski definition) is 3. The number of aryl methyl sites for hydroxylation is 2. The molecule has 0 unspecified atom stereocenters. The molecule has 0 fully saturated rings. The van der Waals surface area contributed by atoms with E-state index in [-0.39, 0.29) is 16.9 Å². The third kappa shape index (κ3) is 5.49. The number of anilines is 2. The lowest BCUT2D eigenvalue weighted by Crippen LogP contribution is -2.34. The fourth-order valence-corrected chi connectivity index (χ4v) is 3.08. The van der Waals surface area contributed by atoms with Crippen LogP contribution in [0.15, 0.2) is 72.8 Å². The summed E-state index contributed by atoms with van der Waals surface area (Å²) in [6.07, 6.45) is 0. The van der Waals surface area contributed by atoms with Gasteiger partial charge in [0.05, 0.1) is 0 Å². The zero-order chi connectivity index (χ0) is 20.8. The van der Waals surface area contributed by atoms with Crippen molar-refractivity contribution in [3.8, 4) is 0 Å². The van der Waals surface area contributed by atoms with E-state index in [9.17, 15) is 9.59 Å². The molecule has 0 saturated carbocycles. The molecule has 2 amide bonds. The molecule has 0 spiro atoms. The maximum atomic E-state index is 12.5. The average molecular weight is 404 g/mol. The van der Waals surface area contributed by atoms with Crippen molar-refractivity contribution in [1.29, 1.82) is 0 Å². The Morgan fingerprint density at radius 3 is 2.14 bits per heavy atom. The van der Waals surface area contributed by atoms with Crippen molar-refractivity contribution in [3.05, 3.63) is 95.1 Å². The first-order valence-electron chi connectivity index (χ1n) is 9.08. The van der Waals surface area contributed by atoms with E-state index >= 15 is 0 Å². The SMILES string of the molecule is Cc1ccc(C(=O)NC(=S)Nc2cccc(NC(=O)c3ccccc3)c2)c(C)c1. The van der Waals surface area contributed by atoms with Gasteiger partial charge in [-0.05, 0) is 68.0 Å². The molecule has 0 aromatic heterocycles. The fraction of sp³-hybridized carbons (Fsp3) is 0.0870. The van der Waals surface area contributed by atoms with E-state index in [1.807, 2.05) is 44.2 Å². The molecule has 0 bridgehead atoms. The van der Waals surface area contributed by atoms with Crippen LogP contribution in [0.2, 0.25) is 0 Å². The van der Waals surface area contributed by atoms with Gasteiger partial charge in [0.15, 0.2) is 5.11 Å². The maximum Gasteiger partial charge on any atom is 0.257 e. The average Bonchev–Trinajstić information content (AvgIpc) is 2.68. The van der Waals surface area contributed by atoms with Gasteiger partial charge in [0.2, 0.25) is 0 Å². The van der Waals surface area contributed by atoms with Crippen molar-refractivity contribution < 1.29 is 9.59 Å². The minimum Gasteiger partial charge on any atom is -0.332 e. The molecule has 3 aromatic rings. The molecule has 0 radical (unpaired) electrons. The molecule has 0 atom stereocenters. The predicted octanol–water partition coefficient (Wildman–Crippen LogP) is 4.68. The summed E-state index contributed by atoms with van der Waals surface area (Å²) < 4.78 is 0. The Morgan fingerprint density at radius 2 is 1.45 bits per heavy atom. The summed E-state index contributed by atoms with van der Waals surface area (Å²) in [6, 6.07) is 21.7. The van der Waals surface area contributed by atoms with Crippen molar-refractivity contribution in [2.75, 3.05) is 10.6 Å². The van der Waals surface area contributed by atoms with E-state index in [0.717, 1.165) is 11.1 Å². The topological polar surface area (TPSA) is 70.2 Å². The number of thiocarbonyl (C=S) groups is 1. The number of amides is 2. The normalized spacial score (nSPS) is 10.1. The monoisotopic (exact) mass is 403 g/mol. The van der Waals surface area contributed by atoms with Crippen LogP contribution in [0.1, 0.15) is 31.8 Å². The highest BCUT2D eigenvalue weighted by Crippen LogP contribution is 2.16. The number of benzene rings is 3. The number of nitrogens with one attached hydrogen (secondary N) is 3. The molecule has 146 valence electrons. The van der Waals surface area contributed by atoms with Crippen molar-refractivity contribution in [3.63, 3.8) is 0 Å². The summed E-state index contributed by atoms with van der Waals surface area (Å²) >= 11 is 5.26. The molecule has 3 aromatic carbocycles. The van der Waals surface area contributed by atoms with Crippen LogP contribution in [0.4, 0.5) is 11.4 Å². The Labute approximate surface area is 175 Å². The van der Waals surface area contributed by atoms with E-state index in [4.69, 9.17) is 12.2 Å². The number of carbonyl (C=O) groups is 2. The lowest BCUT2D eigenvalue weighted by molar-refractivity contribution is 0.0975. The lowest BCUT2D eigenvalue weighted by Gasteiger charge is -2.12. The van der Waals surface area contributed by atoms with E-state index in [1.165, 1.54) is 0 Å². The lowest BCUT2D eigenvalue weighted by atomic mass is 10.1. The molecule has 5 nitrogen and oxygen atoms in total. The summed E-state index contributed by atoms with van der Waals surface area (Å²) in [7, 11) is 0. The highest BCUT2D eigenvalue weighted by Gasteiger charge is 2.11. The first kappa shape index (κ1) is 20.2. The molecule has 0 aliphatic carbocycles. The second-order valence-corrected chi connectivity index (χ2v) is 7.04. The van der Waals surface area contributed by atoms with Crippen LogP contribution < -0.4 is 16.0 Å². The zero-order valence-corrected chi connectivity index (χ0v) is 17.0. The van der Waals surface area contributed by atoms with Gasteiger partial charge in [-0.2, -0.15) is 0 Å². The van der Waals surface area contributed by atoms with E-state index in [0.29, 0.717) is 22.5 Å². The molecule has 6 heteroatoms. The third-order valence-corrected chi connectivity index (χ3v) is 4.47. The van der Waals surface area contributed by atoms with Crippen LogP contribution in [-0.4, -0.2) is 16.9 Å². The van der Waals surface area contributed by atoms with E-state index in [1.54, 1.807) is 42.5 Å². The summed E-state index contributed by atoms with van der Waals surface area (Å²) in [5.41, 5.74) is 4.39. The van der Waals surface area contributed by atoms with Gasteiger partial charge < -0.3 is 10.6 Å². The summed E-state index contributed by atoms with van der Waals surface area (Å²) in [5, 5.41) is 8.68. The number of carbonyl (C=O) groups excluding carboxylic acids is 2. The second kappa shape index (κ2) is 9.12. The molecule has 0 aliphatic heterocycles. The first-order chi connectivity index (χ1) is 13.9. The summed E-state index contributed by atoms with van der Waals surface area (Å²) in [6.45, 7) is 3.86. The van der Waals surface area contributed by atoms with Crippen LogP contribution in [-0.2, 0) is 0 Å². The Morgan fingerprint density at radius 1 is 0.759 bits per heavy atom. The highest BCUT2D eigenvalue weighted by molar-refractivity contribution is 7.80. The molecule has 0 aliphatic rings. The van der Waals surface area contributed by atoms with Gasteiger partial charge in [-0.15, -0.1) is 0 Å². The molecule has 0 saturated heterocycles. The number of hydrogen-bond donors (Lipinski definition) is 3. The van der Waals surface area contributed by atoms with Crippen molar-refractivity contribution in [1.82, 2.24) is 5.32 Å². The number of rotatable bonds is 4. The maximum absolute atomic E-state index is 12.5. The molecule has 3 N–H and O–H groups in total. The van der Waals surface area contributed by atoms with Crippen molar-refractivity contribution >= 4 is 40.5 Å². The van der Waals surface area contributed by atoms with Crippen LogP contribution in [0.25, 0.3) is 0 Å². The Kier molecular flexibility index (Phi) is 6.36. The minimum atomic E-state index is -0.270. The van der Waals surface area contributed by atoms with Gasteiger partial charge in [-0.1, -0.05) is 42.0 Å². The van der Waals surface area contributed by atoms with Crippen LogP contribution in [0.3, 0.4) is 0 Å². The van der Waals surface area contributed by atoms with Crippen LogP contribution in [0, 0.1) is 13.8 Å². The first-order valence-corrected chi connectivity index (χ1v) is 9.49. The van der Waals surface area contributed by atoms with E-state index in [2.05, 4.69) is 16.0 Å². The fourth-order valence-electron chi connectivity index (χ4n) is 2.87. The van der Waals surface area contributed by atoms with E-state index < -0.39 is 0 Å². The smallest absolute Gasteiger partial charge is 0.257 e. The van der Waals surface area contributed by atoms with Crippen LogP contribution in [0.5, 0.6) is 0 Å². The summed E-state index contributed by atoms with van der Waals surface area (Å²) in [4.78, 5) is 24.7. The van der Waals surface area contributed by atoms with Crippen molar-refractivity contribution in [2.24, 2.45) is 0 Å². The largest absolute Gasteiger partial charge is 0.332 e. The second-order valence-electron chi connectivity index (χ2n) is 6.63. The predicted molar refractivity (Wildman–Crippen MR) is 120 cm³/mol. The Balaban J connectivity index is 1.63. The highest BCUT2D eigenvalue weighted by atomic mass is 32.1. The Bertz CT molecular complexity index is 1060.